The zero-order chi connectivity index (χ0) is 12.5. The van der Waals surface area contributed by atoms with Crippen molar-refractivity contribution < 1.29 is 0 Å². The van der Waals surface area contributed by atoms with Crippen molar-refractivity contribution >= 4 is 45.8 Å². The van der Waals surface area contributed by atoms with E-state index in [0.717, 1.165) is 21.5 Å². The van der Waals surface area contributed by atoms with E-state index < -0.39 is 0 Å². The summed E-state index contributed by atoms with van der Waals surface area (Å²) in [6, 6.07) is 12.2. The molecule has 0 saturated carbocycles. The molecule has 0 aliphatic heterocycles. The normalized spacial score (nSPS) is 10.9. The first-order chi connectivity index (χ1) is 8.74. The molecule has 0 spiro atoms. The SMILES string of the molecule is S=c1[nH]c2cc(I)ccc2n1Cc1ccccn1. The van der Waals surface area contributed by atoms with Gasteiger partial charge in [0.1, 0.15) is 0 Å². The van der Waals surface area contributed by atoms with Gasteiger partial charge in [-0.1, -0.05) is 6.07 Å². The average molecular weight is 367 g/mol. The maximum atomic E-state index is 5.37. The molecule has 2 aromatic heterocycles. The van der Waals surface area contributed by atoms with Crippen molar-refractivity contribution in [3.05, 3.63) is 56.6 Å². The maximum absolute atomic E-state index is 5.37. The number of benzene rings is 1. The molecule has 0 amide bonds. The van der Waals surface area contributed by atoms with E-state index in [2.05, 4.69) is 55.3 Å². The number of rotatable bonds is 2. The van der Waals surface area contributed by atoms with Crippen LogP contribution in [-0.4, -0.2) is 14.5 Å². The summed E-state index contributed by atoms with van der Waals surface area (Å²) in [5, 5.41) is 0. The van der Waals surface area contributed by atoms with Crippen LogP contribution in [0.15, 0.2) is 42.6 Å². The number of H-pyrrole nitrogens is 1. The van der Waals surface area contributed by atoms with Crippen LogP contribution in [0, 0.1) is 8.34 Å². The third-order valence-electron chi connectivity index (χ3n) is 2.78. The Morgan fingerprint density at radius 3 is 2.94 bits per heavy atom. The fraction of sp³-hybridized carbons (Fsp3) is 0.0769. The molecule has 3 rings (SSSR count). The Bertz CT molecular complexity index is 746. The third-order valence-corrected chi connectivity index (χ3v) is 3.78. The standard InChI is InChI=1S/C13H10IN3S/c14-9-4-5-12-11(7-9)16-13(18)17(12)8-10-3-1-2-6-15-10/h1-7H,8H2,(H,16,18). The zero-order valence-corrected chi connectivity index (χ0v) is 12.4. The first kappa shape index (κ1) is 11.9. The molecule has 18 heavy (non-hydrogen) atoms. The number of hydrogen-bond donors (Lipinski definition) is 1. The molecule has 0 aliphatic rings. The Labute approximate surface area is 123 Å². The van der Waals surface area contributed by atoms with Gasteiger partial charge in [0.15, 0.2) is 4.77 Å². The quantitative estimate of drug-likeness (QED) is 0.553. The Morgan fingerprint density at radius 1 is 1.28 bits per heavy atom. The van der Waals surface area contributed by atoms with Crippen molar-refractivity contribution in [3.8, 4) is 0 Å². The van der Waals surface area contributed by atoms with Gasteiger partial charge in [-0.15, -0.1) is 0 Å². The van der Waals surface area contributed by atoms with Gasteiger partial charge < -0.3 is 9.55 Å². The smallest absolute Gasteiger partial charge is 0.178 e. The lowest BCUT2D eigenvalue weighted by atomic mass is 10.3. The number of nitrogens with one attached hydrogen (secondary N) is 1. The summed E-state index contributed by atoms with van der Waals surface area (Å²) >= 11 is 7.67. The third kappa shape index (κ3) is 2.20. The molecule has 90 valence electrons. The van der Waals surface area contributed by atoms with Crippen LogP contribution in [0.3, 0.4) is 0 Å². The molecule has 0 fully saturated rings. The lowest BCUT2D eigenvalue weighted by Crippen LogP contribution is -2.01. The summed E-state index contributed by atoms with van der Waals surface area (Å²) in [4.78, 5) is 7.57. The highest BCUT2D eigenvalue weighted by Crippen LogP contribution is 2.18. The molecule has 2 heterocycles. The van der Waals surface area contributed by atoms with Crippen LogP contribution in [0.4, 0.5) is 0 Å². The fourth-order valence-electron chi connectivity index (χ4n) is 1.95. The first-order valence-electron chi connectivity index (χ1n) is 5.52. The highest BCUT2D eigenvalue weighted by Gasteiger charge is 2.05. The summed E-state index contributed by atoms with van der Waals surface area (Å²) in [6.45, 7) is 0.695. The summed E-state index contributed by atoms with van der Waals surface area (Å²) in [7, 11) is 0. The molecule has 0 atom stereocenters. The summed E-state index contributed by atoms with van der Waals surface area (Å²) in [6.07, 6.45) is 1.80. The van der Waals surface area contributed by atoms with Gasteiger partial charge in [0.05, 0.1) is 23.3 Å². The van der Waals surface area contributed by atoms with E-state index in [1.54, 1.807) is 6.20 Å². The summed E-state index contributed by atoms with van der Waals surface area (Å²) < 4.78 is 4.00. The van der Waals surface area contributed by atoms with Crippen molar-refractivity contribution in [2.75, 3.05) is 0 Å². The average Bonchev–Trinajstić information content (AvgIpc) is 2.66. The molecule has 0 bridgehead atoms. The van der Waals surface area contributed by atoms with E-state index in [0.29, 0.717) is 6.54 Å². The van der Waals surface area contributed by atoms with Crippen molar-refractivity contribution in [2.45, 2.75) is 6.54 Å². The molecule has 0 unspecified atom stereocenters. The predicted molar refractivity (Wildman–Crippen MR) is 83.2 cm³/mol. The number of nitrogens with zero attached hydrogens (tertiary/aromatic N) is 2. The highest BCUT2D eigenvalue weighted by atomic mass is 127. The van der Waals surface area contributed by atoms with E-state index in [9.17, 15) is 0 Å². The number of aromatic amines is 1. The van der Waals surface area contributed by atoms with Gasteiger partial charge >= 0.3 is 0 Å². The van der Waals surface area contributed by atoms with Crippen LogP contribution in [-0.2, 0) is 6.54 Å². The number of fused-ring (bicyclic) bond motifs is 1. The van der Waals surface area contributed by atoms with Crippen molar-refractivity contribution in [1.29, 1.82) is 0 Å². The molecule has 5 heteroatoms. The van der Waals surface area contributed by atoms with E-state index in [4.69, 9.17) is 12.2 Å². The van der Waals surface area contributed by atoms with Crippen molar-refractivity contribution in [2.24, 2.45) is 0 Å². The van der Waals surface area contributed by atoms with Gasteiger partial charge in [-0.05, 0) is 65.1 Å². The summed E-state index contributed by atoms with van der Waals surface area (Å²) in [5.41, 5.74) is 3.20. The molecule has 3 nitrogen and oxygen atoms in total. The van der Waals surface area contributed by atoms with Gasteiger partial charge in [-0.25, -0.2) is 0 Å². The Balaban J connectivity index is 2.12. The van der Waals surface area contributed by atoms with E-state index in [1.807, 2.05) is 18.2 Å². The van der Waals surface area contributed by atoms with Crippen molar-refractivity contribution in [3.63, 3.8) is 0 Å². The van der Waals surface area contributed by atoms with Crippen molar-refractivity contribution in [1.82, 2.24) is 14.5 Å². The van der Waals surface area contributed by atoms with Gasteiger partial charge in [-0.2, -0.15) is 0 Å². The van der Waals surface area contributed by atoms with E-state index >= 15 is 0 Å². The predicted octanol–water partition coefficient (Wildman–Crippen LogP) is 3.75. The van der Waals surface area contributed by atoms with E-state index in [-0.39, 0.29) is 0 Å². The first-order valence-corrected chi connectivity index (χ1v) is 7.01. The van der Waals surface area contributed by atoms with Gasteiger partial charge in [-0.3, -0.25) is 4.98 Å². The molecule has 1 N–H and O–H groups in total. The number of hydrogen-bond acceptors (Lipinski definition) is 2. The second-order valence-corrected chi connectivity index (χ2v) is 5.63. The van der Waals surface area contributed by atoms with Crippen LogP contribution in [0.2, 0.25) is 0 Å². The Hall–Kier alpha value is -1.21. The lowest BCUT2D eigenvalue weighted by molar-refractivity contribution is 0.785. The van der Waals surface area contributed by atoms with E-state index in [1.165, 1.54) is 3.57 Å². The minimum absolute atomic E-state index is 0.695. The number of halogens is 1. The maximum Gasteiger partial charge on any atom is 0.178 e. The molecular weight excluding hydrogens is 357 g/mol. The van der Waals surface area contributed by atoms with Gasteiger partial charge in [0.2, 0.25) is 0 Å². The molecule has 0 radical (unpaired) electrons. The van der Waals surface area contributed by atoms with Gasteiger partial charge in [0.25, 0.3) is 0 Å². The zero-order valence-electron chi connectivity index (χ0n) is 9.43. The van der Waals surface area contributed by atoms with Gasteiger partial charge in [0, 0.05) is 9.77 Å². The number of imidazole rings is 1. The summed E-state index contributed by atoms with van der Waals surface area (Å²) in [5.74, 6) is 0. The monoisotopic (exact) mass is 367 g/mol. The lowest BCUT2D eigenvalue weighted by Gasteiger charge is -2.03. The fourth-order valence-corrected chi connectivity index (χ4v) is 2.71. The minimum atomic E-state index is 0.695. The molecule has 0 aliphatic carbocycles. The minimum Gasteiger partial charge on any atom is -0.331 e. The topological polar surface area (TPSA) is 33.6 Å². The second-order valence-electron chi connectivity index (χ2n) is 4.00. The number of pyridine rings is 1. The van der Waals surface area contributed by atoms with Crippen LogP contribution < -0.4 is 0 Å². The van der Waals surface area contributed by atoms with Crippen LogP contribution >= 0.6 is 34.8 Å². The molecule has 0 saturated heterocycles. The molecule has 1 aromatic carbocycles. The van der Waals surface area contributed by atoms with Crippen LogP contribution in [0.1, 0.15) is 5.69 Å². The number of aromatic nitrogens is 3. The largest absolute Gasteiger partial charge is 0.331 e. The van der Waals surface area contributed by atoms with Crippen LogP contribution in [0.25, 0.3) is 11.0 Å². The molecular formula is C13H10IN3S. The Morgan fingerprint density at radius 2 is 2.17 bits per heavy atom. The second kappa shape index (κ2) is 4.81. The molecule has 3 aromatic rings. The highest BCUT2D eigenvalue weighted by molar-refractivity contribution is 14.1. The Kier molecular flexibility index (Phi) is 3.17. The van der Waals surface area contributed by atoms with Crippen LogP contribution in [0.5, 0.6) is 0 Å².